The number of benzene rings is 3. The molecule has 5 nitrogen and oxygen atoms in total. The Morgan fingerprint density at radius 2 is 1.74 bits per heavy atom. The van der Waals surface area contributed by atoms with E-state index in [2.05, 4.69) is 16.4 Å². The molecule has 0 aliphatic heterocycles. The number of hydrogen-bond acceptors (Lipinski definition) is 3. The number of aromatic amines is 1. The summed E-state index contributed by atoms with van der Waals surface area (Å²) in [7, 11) is 1.65. The fraction of sp³-hybridized carbons (Fsp3) is 0.154. The normalized spacial score (nSPS) is 10.8. The fourth-order valence-corrected chi connectivity index (χ4v) is 3.74. The zero-order valence-electron chi connectivity index (χ0n) is 17.6. The first kappa shape index (κ1) is 20.4. The van der Waals surface area contributed by atoms with Gasteiger partial charge in [0.15, 0.2) is 5.78 Å². The summed E-state index contributed by atoms with van der Waals surface area (Å²) in [6.07, 6.45) is 0.916. The molecule has 0 radical (unpaired) electrons. The minimum Gasteiger partial charge on any atom is -0.497 e. The average molecular weight is 412 g/mol. The van der Waals surface area contributed by atoms with Crippen LogP contribution in [0, 0.1) is 0 Å². The van der Waals surface area contributed by atoms with Crippen LogP contribution in [-0.4, -0.2) is 23.8 Å². The number of carbonyl (C=O) groups is 2. The number of ketones is 1. The average Bonchev–Trinajstić information content (AvgIpc) is 3.16. The van der Waals surface area contributed by atoms with E-state index in [0.29, 0.717) is 24.1 Å². The summed E-state index contributed by atoms with van der Waals surface area (Å²) in [5.41, 5.74) is 5.41. The first-order valence-electron chi connectivity index (χ1n) is 10.2. The zero-order valence-corrected chi connectivity index (χ0v) is 17.6. The SMILES string of the molecule is COc1ccc(-c2[nH]c3ccccc3c2CCC(=O)Nc2cccc(C(C)=O)c2)cc1. The van der Waals surface area contributed by atoms with Crippen molar-refractivity contribution in [2.45, 2.75) is 19.8 Å². The predicted octanol–water partition coefficient (Wildman–Crippen LogP) is 5.62. The van der Waals surface area contributed by atoms with Gasteiger partial charge in [0, 0.05) is 34.3 Å². The Hall–Kier alpha value is -3.86. The summed E-state index contributed by atoms with van der Waals surface area (Å²) in [5.74, 6) is 0.680. The van der Waals surface area contributed by atoms with E-state index in [1.165, 1.54) is 6.92 Å². The molecule has 0 saturated heterocycles. The second kappa shape index (κ2) is 8.88. The Balaban J connectivity index is 1.56. The number of Topliss-reactive ketones (excluding diaryl/α,β-unsaturated/α-hetero) is 1. The number of anilines is 1. The number of aryl methyl sites for hydroxylation is 1. The molecule has 4 aromatic rings. The van der Waals surface area contributed by atoms with Crippen LogP contribution in [0.2, 0.25) is 0 Å². The maximum Gasteiger partial charge on any atom is 0.224 e. The molecule has 156 valence electrons. The van der Waals surface area contributed by atoms with Crippen LogP contribution >= 0.6 is 0 Å². The molecule has 0 atom stereocenters. The molecule has 3 aromatic carbocycles. The largest absolute Gasteiger partial charge is 0.497 e. The number of amides is 1. The third-order valence-electron chi connectivity index (χ3n) is 5.35. The van der Waals surface area contributed by atoms with Crippen LogP contribution in [0.25, 0.3) is 22.2 Å². The third kappa shape index (κ3) is 4.51. The van der Waals surface area contributed by atoms with E-state index < -0.39 is 0 Å². The monoisotopic (exact) mass is 412 g/mol. The van der Waals surface area contributed by atoms with Gasteiger partial charge < -0.3 is 15.0 Å². The van der Waals surface area contributed by atoms with E-state index in [1.807, 2.05) is 42.5 Å². The number of ether oxygens (including phenoxy) is 1. The molecule has 2 N–H and O–H groups in total. The number of aromatic nitrogens is 1. The maximum atomic E-state index is 12.6. The summed E-state index contributed by atoms with van der Waals surface area (Å²) in [6.45, 7) is 1.51. The van der Waals surface area contributed by atoms with Crippen LogP contribution in [0.3, 0.4) is 0 Å². The van der Waals surface area contributed by atoms with Crippen molar-refractivity contribution in [1.29, 1.82) is 0 Å². The summed E-state index contributed by atoms with van der Waals surface area (Å²) in [4.78, 5) is 27.7. The first-order chi connectivity index (χ1) is 15.0. The number of hydrogen-bond donors (Lipinski definition) is 2. The standard InChI is InChI=1S/C26H24N2O3/c1-17(29)19-6-5-7-20(16-19)27-25(30)15-14-23-22-8-3-4-9-24(22)28-26(23)18-10-12-21(31-2)13-11-18/h3-13,16,28H,14-15H2,1-2H3,(H,27,30). The smallest absolute Gasteiger partial charge is 0.224 e. The lowest BCUT2D eigenvalue weighted by molar-refractivity contribution is -0.116. The van der Waals surface area contributed by atoms with Crippen molar-refractivity contribution < 1.29 is 14.3 Å². The van der Waals surface area contributed by atoms with Crippen LogP contribution in [0.4, 0.5) is 5.69 Å². The van der Waals surface area contributed by atoms with Gasteiger partial charge in [-0.05, 0) is 66.9 Å². The Labute approximate surface area is 181 Å². The minimum absolute atomic E-state index is 0.0287. The lowest BCUT2D eigenvalue weighted by Crippen LogP contribution is -2.12. The highest BCUT2D eigenvalue weighted by atomic mass is 16.5. The lowest BCUT2D eigenvalue weighted by Gasteiger charge is -2.08. The van der Waals surface area contributed by atoms with Crippen LogP contribution in [0.1, 0.15) is 29.3 Å². The molecule has 4 rings (SSSR count). The molecule has 0 aliphatic carbocycles. The van der Waals surface area contributed by atoms with Crippen molar-refractivity contribution in [2.75, 3.05) is 12.4 Å². The number of H-pyrrole nitrogens is 1. The Morgan fingerprint density at radius 1 is 0.968 bits per heavy atom. The second-order valence-electron chi connectivity index (χ2n) is 7.44. The number of carbonyl (C=O) groups excluding carboxylic acids is 2. The quantitative estimate of drug-likeness (QED) is 0.387. The van der Waals surface area contributed by atoms with Crippen molar-refractivity contribution in [3.05, 3.63) is 83.9 Å². The van der Waals surface area contributed by atoms with Crippen LogP contribution in [0.5, 0.6) is 5.75 Å². The number of fused-ring (bicyclic) bond motifs is 1. The molecule has 1 aromatic heterocycles. The number of rotatable bonds is 7. The summed E-state index contributed by atoms with van der Waals surface area (Å²) in [5, 5.41) is 4.01. The van der Waals surface area contributed by atoms with Crippen molar-refractivity contribution in [1.82, 2.24) is 4.98 Å². The molecule has 0 unspecified atom stereocenters. The van der Waals surface area contributed by atoms with Gasteiger partial charge in [0.25, 0.3) is 0 Å². The van der Waals surface area contributed by atoms with Gasteiger partial charge >= 0.3 is 0 Å². The molecule has 0 aliphatic rings. The summed E-state index contributed by atoms with van der Waals surface area (Å²) < 4.78 is 5.27. The molecule has 0 bridgehead atoms. The van der Waals surface area contributed by atoms with Crippen molar-refractivity contribution >= 4 is 28.3 Å². The first-order valence-corrected chi connectivity index (χ1v) is 10.2. The van der Waals surface area contributed by atoms with Gasteiger partial charge in [-0.15, -0.1) is 0 Å². The Kier molecular flexibility index (Phi) is 5.85. The van der Waals surface area contributed by atoms with Gasteiger partial charge in [-0.1, -0.05) is 30.3 Å². The van der Waals surface area contributed by atoms with Crippen LogP contribution in [-0.2, 0) is 11.2 Å². The number of para-hydroxylation sites is 1. The maximum absolute atomic E-state index is 12.6. The van der Waals surface area contributed by atoms with E-state index in [4.69, 9.17) is 4.74 Å². The Bertz CT molecular complexity index is 1240. The van der Waals surface area contributed by atoms with Crippen LogP contribution < -0.4 is 10.1 Å². The van der Waals surface area contributed by atoms with Gasteiger partial charge in [-0.3, -0.25) is 9.59 Å². The molecule has 1 heterocycles. The highest BCUT2D eigenvalue weighted by molar-refractivity contribution is 5.97. The van der Waals surface area contributed by atoms with Crippen molar-refractivity contribution in [2.24, 2.45) is 0 Å². The molecular weight excluding hydrogens is 388 g/mol. The minimum atomic E-state index is -0.0911. The molecule has 0 saturated carbocycles. The fourth-order valence-electron chi connectivity index (χ4n) is 3.74. The van der Waals surface area contributed by atoms with Gasteiger partial charge in [0.05, 0.1) is 7.11 Å². The van der Waals surface area contributed by atoms with E-state index >= 15 is 0 Å². The third-order valence-corrected chi connectivity index (χ3v) is 5.35. The summed E-state index contributed by atoms with van der Waals surface area (Å²) >= 11 is 0. The molecular formula is C26H24N2O3. The highest BCUT2D eigenvalue weighted by Crippen LogP contribution is 2.32. The number of methoxy groups -OCH3 is 1. The second-order valence-corrected chi connectivity index (χ2v) is 7.44. The van der Waals surface area contributed by atoms with Gasteiger partial charge in [0.1, 0.15) is 5.75 Å². The molecule has 5 heteroatoms. The van der Waals surface area contributed by atoms with Gasteiger partial charge in [-0.2, -0.15) is 0 Å². The zero-order chi connectivity index (χ0) is 21.8. The van der Waals surface area contributed by atoms with Crippen molar-refractivity contribution in [3.8, 4) is 17.0 Å². The van der Waals surface area contributed by atoms with E-state index in [9.17, 15) is 9.59 Å². The molecule has 1 amide bonds. The van der Waals surface area contributed by atoms with Crippen molar-refractivity contribution in [3.63, 3.8) is 0 Å². The van der Waals surface area contributed by atoms with Gasteiger partial charge in [-0.25, -0.2) is 0 Å². The van der Waals surface area contributed by atoms with E-state index in [1.54, 1.807) is 31.4 Å². The topological polar surface area (TPSA) is 71.2 Å². The van der Waals surface area contributed by atoms with Crippen LogP contribution in [0.15, 0.2) is 72.8 Å². The predicted molar refractivity (Wildman–Crippen MR) is 124 cm³/mol. The van der Waals surface area contributed by atoms with Gasteiger partial charge in [0.2, 0.25) is 5.91 Å². The molecule has 0 fully saturated rings. The lowest BCUT2D eigenvalue weighted by atomic mass is 10.0. The molecule has 31 heavy (non-hydrogen) atoms. The summed E-state index contributed by atoms with van der Waals surface area (Å²) in [6, 6.07) is 23.0. The molecule has 0 spiro atoms. The van der Waals surface area contributed by atoms with E-state index in [0.717, 1.165) is 33.5 Å². The highest BCUT2D eigenvalue weighted by Gasteiger charge is 2.15. The Morgan fingerprint density at radius 3 is 2.48 bits per heavy atom. The van der Waals surface area contributed by atoms with E-state index in [-0.39, 0.29) is 11.7 Å². The number of nitrogens with one attached hydrogen (secondary N) is 2.